The van der Waals surface area contributed by atoms with Gasteiger partial charge in [0.05, 0.1) is 40.3 Å². The van der Waals surface area contributed by atoms with Gasteiger partial charge in [-0.1, -0.05) is 87.9 Å². The van der Waals surface area contributed by atoms with Gasteiger partial charge in [-0.05, 0) is 30.5 Å². The van der Waals surface area contributed by atoms with Crippen LogP contribution in [0.2, 0.25) is 0 Å². The molecule has 0 aromatic heterocycles. The number of carbonyl (C=O) groups excluding carboxylic acids is 1. The summed E-state index contributed by atoms with van der Waals surface area (Å²) in [6, 6.07) is 18.8. The third kappa shape index (κ3) is 12.8. The van der Waals surface area contributed by atoms with E-state index in [1.54, 1.807) is 0 Å². The van der Waals surface area contributed by atoms with Crippen LogP contribution in [0.4, 0.5) is 0 Å². The molecule has 0 fully saturated rings. The second-order valence-corrected chi connectivity index (χ2v) is 9.99. The van der Waals surface area contributed by atoms with Crippen molar-refractivity contribution in [2.24, 2.45) is 0 Å². The number of esters is 1. The number of hydrogen-bond acceptors (Lipinski definition) is 3. The lowest BCUT2D eigenvalue weighted by Gasteiger charge is -2.29. The molecule has 0 spiro atoms. The predicted molar refractivity (Wildman–Crippen MR) is 141 cm³/mol. The summed E-state index contributed by atoms with van der Waals surface area (Å²) in [5, 5.41) is 0. The monoisotopic (exact) mass is 468 g/mol. The first-order chi connectivity index (χ1) is 16.5. The van der Waals surface area contributed by atoms with Crippen molar-refractivity contribution in [1.29, 1.82) is 0 Å². The van der Waals surface area contributed by atoms with E-state index in [1.165, 1.54) is 56.1 Å². The first kappa shape index (κ1) is 27.9. The zero-order valence-electron chi connectivity index (χ0n) is 21.8. The zero-order valence-corrected chi connectivity index (χ0v) is 21.8. The smallest absolute Gasteiger partial charge is 0.311 e. The van der Waals surface area contributed by atoms with Crippen molar-refractivity contribution in [3.63, 3.8) is 0 Å². The van der Waals surface area contributed by atoms with E-state index < -0.39 is 0 Å². The summed E-state index contributed by atoms with van der Waals surface area (Å²) in [5.74, 6) is 0.780. The maximum atomic E-state index is 12.1. The third-order valence-corrected chi connectivity index (χ3v) is 6.16. The van der Waals surface area contributed by atoms with E-state index in [-0.39, 0.29) is 5.97 Å². The molecule has 2 aromatic carbocycles. The average Bonchev–Trinajstić information content (AvgIpc) is 2.83. The predicted octanol–water partition coefficient (Wildman–Crippen LogP) is 6.96. The number of unbranched alkanes of at least 4 members (excludes halogenated alkanes) is 6. The zero-order chi connectivity index (χ0) is 24.5. The van der Waals surface area contributed by atoms with Crippen molar-refractivity contribution >= 4 is 5.97 Å². The SMILES string of the molecule is CCCCCCCCCc1cccc(OCCCOC(=O)CC[N+](C)(C)Cc2ccccc2)c1. The highest BCUT2D eigenvalue weighted by Gasteiger charge is 2.18. The molecule has 34 heavy (non-hydrogen) atoms. The lowest BCUT2D eigenvalue weighted by Crippen LogP contribution is -2.40. The Balaban J connectivity index is 1.55. The molecule has 0 aliphatic rings. The Bertz CT molecular complexity index is 804. The molecular formula is C30H46NO3+. The first-order valence-corrected chi connectivity index (χ1v) is 13.2. The van der Waals surface area contributed by atoms with Crippen LogP contribution in [0.5, 0.6) is 5.75 Å². The van der Waals surface area contributed by atoms with Crippen LogP contribution in [0.25, 0.3) is 0 Å². The van der Waals surface area contributed by atoms with Crippen molar-refractivity contribution < 1.29 is 18.8 Å². The number of quaternary nitrogens is 1. The lowest BCUT2D eigenvalue weighted by molar-refractivity contribution is -0.903. The van der Waals surface area contributed by atoms with Crippen LogP contribution in [0.15, 0.2) is 54.6 Å². The Morgan fingerprint density at radius 3 is 2.26 bits per heavy atom. The van der Waals surface area contributed by atoms with Crippen molar-refractivity contribution in [2.75, 3.05) is 33.9 Å². The standard InChI is InChI=1S/C30H46NO3/c1-4-5-6-7-8-9-11-16-27-19-14-20-29(25-27)33-23-15-24-34-30(32)21-22-31(2,3)26-28-17-12-10-13-18-28/h10,12-14,17-20,25H,4-9,11,15-16,21-24,26H2,1-3H3/q+1. The highest BCUT2D eigenvalue weighted by Crippen LogP contribution is 2.17. The van der Waals surface area contributed by atoms with Crippen molar-refractivity contribution in [3.05, 3.63) is 65.7 Å². The average molecular weight is 469 g/mol. The Hall–Kier alpha value is -2.33. The van der Waals surface area contributed by atoms with Gasteiger partial charge in [-0.25, -0.2) is 0 Å². The molecule has 0 atom stereocenters. The van der Waals surface area contributed by atoms with Crippen LogP contribution < -0.4 is 4.74 Å². The van der Waals surface area contributed by atoms with Crippen molar-refractivity contribution in [3.8, 4) is 5.75 Å². The van der Waals surface area contributed by atoms with Crippen LogP contribution in [-0.4, -0.2) is 44.3 Å². The number of rotatable bonds is 18. The highest BCUT2D eigenvalue weighted by atomic mass is 16.5. The number of nitrogens with zero attached hydrogens (tertiary/aromatic N) is 1. The van der Waals surface area contributed by atoms with Gasteiger partial charge in [0.25, 0.3) is 0 Å². The van der Waals surface area contributed by atoms with Crippen molar-refractivity contribution in [2.45, 2.75) is 77.7 Å². The molecule has 0 bridgehead atoms. The largest absolute Gasteiger partial charge is 0.493 e. The molecule has 0 aliphatic carbocycles. The number of hydrogen-bond donors (Lipinski definition) is 0. The quantitative estimate of drug-likeness (QED) is 0.135. The second kappa shape index (κ2) is 16.3. The van der Waals surface area contributed by atoms with Gasteiger partial charge in [0.15, 0.2) is 0 Å². The van der Waals surface area contributed by atoms with Crippen LogP contribution in [0.1, 0.15) is 75.8 Å². The maximum Gasteiger partial charge on any atom is 0.311 e. The van der Waals surface area contributed by atoms with Gasteiger partial charge in [0, 0.05) is 12.0 Å². The molecule has 0 amide bonds. The fourth-order valence-corrected chi connectivity index (χ4v) is 4.13. The molecule has 0 N–H and O–H groups in total. The number of carbonyl (C=O) groups is 1. The Labute approximate surface area is 207 Å². The Morgan fingerprint density at radius 2 is 1.50 bits per heavy atom. The van der Waals surface area contributed by atoms with Gasteiger partial charge in [-0.2, -0.15) is 0 Å². The molecule has 0 saturated carbocycles. The summed E-state index contributed by atoms with van der Waals surface area (Å²) in [6.45, 7) is 4.89. The van der Waals surface area contributed by atoms with E-state index in [0.29, 0.717) is 26.1 Å². The summed E-state index contributed by atoms with van der Waals surface area (Å²) >= 11 is 0. The first-order valence-electron chi connectivity index (χ1n) is 13.2. The van der Waals surface area contributed by atoms with Gasteiger partial charge < -0.3 is 14.0 Å². The molecule has 4 heteroatoms. The van der Waals surface area contributed by atoms with E-state index in [9.17, 15) is 4.79 Å². The van der Waals surface area contributed by atoms with Crippen LogP contribution in [0, 0.1) is 0 Å². The van der Waals surface area contributed by atoms with E-state index in [0.717, 1.165) is 29.7 Å². The maximum absolute atomic E-state index is 12.1. The van der Waals surface area contributed by atoms with Crippen LogP contribution >= 0.6 is 0 Å². The molecule has 2 rings (SSSR count). The van der Waals surface area contributed by atoms with E-state index in [4.69, 9.17) is 9.47 Å². The minimum atomic E-state index is -0.129. The molecule has 0 saturated heterocycles. The van der Waals surface area contributed by atoms with E-state index in [1.807, 2.05) is 12.1 Å². The highest BCUT2D eigenvalue weighted by molar-refractivity contribution is 5.69. The van der Waals surface area contributed by atoms with E-state index >= 15 is 0 Å². The fourth-order valence-electron chi connectivity index (χ4n) is 4.13. The van der Waals surface area contributed by atoms with Gasteiger partial charge in [-0.3, -0.25) is 4.79 Å². The molecule has 0 radical (unpaired) electrons. The minimum Gasteiger partial charge on any atom is -0.493 e. The van der Waals surface area contributed by atoms with Gasteiger partial charge >= 0.3 is 5.97 Å². The second-order valence-electron chi connectivity index (χ2n) is 9.99. The van der Waals surface area contributed by atoms with Crippen LogP contribution in [0.3, 0.4) is 0 Å². The molecule has 0 aliphatic heterocycles. The van der Waals surface area contributed by atoms with Gasteiger partial charge in [-0.15, -0.1) is 0 Å². The Kier molecular flexibility index (Phi) is 13.4. The minimum absolute atomic E-state index is 0.129. The third-order valence-electron chi connectivity index (χ3n) is 6.16. The normalized spacial score (nSPS) is 11.4. The molecule has 2 aromatic rings. The summed E-state index contributed by atoms with van der Waals surface area (Å²) in [5.41, 5.74) is 2.62. The van der Waals surface area contributed by atoms with Crippen molar-refractivity contribution in [1.82, 2.24) is 0 Å². The molecule has 0 unspecified atom stereocenters. The summed E-state index contributed by atoms with van der Waals surface area (Å²) < 4.78 is 12.1. The lowest BCUT2D eigenvalue weighted by atomic mass is 10.0. The van der Waals surface area contributed by atoms with Crippen LogP contribution in [-0.2, 0) is 22.5 Å². The molecule has 4 nitrogen and oxygen atoms in total. The molecule has 188 valence electrons. The van der Waals surface area contributed by atoms with Gasteiger partial charge in [0.2, 0.25) is 0 Å². The fraction of sp³-hybridized carbons (Fsp3) is 0.567. The summed E-state index contributed by atoms with van der Waals surface area (Å²) in [6.07, 6.45) is 11.6. The number of aryl methyl sites for hydroxylation is 1. The summed E-state index contributed by atoms with van der Waals surface area (Å²) in [7, 11) is 4.30. The molecule has 0 heterocycles. The topological polar surface area (TPSA) is 35.5 Å². The number of benzene rings is 2. The summed E-state index contributed by atoms with van der Waals surface area (Å²) in [4.78, 5) is 12.1. The van der Waals surface area contributed by atoms with Gasteiger partial charge in [0.1, 0.15) is 12.3 Å². The number of ether oxygens (including phenoxy) is 2. The van der Waals surface area contributed by atoms with E-state index in [2.05, 4.69) is 63.5 Å². The Morgan fingerprint density at radius 1 is 0.794 bits per heavy atom. The molecular weight excluding hydrogens is 422 g/mol.